The van der Waals surface area contributed by atoms with Gasteiger partial charge in [-0.25, -0.2) is 4.79 Å². The number of carbonyl (C=O) groups is 2. The summed E-state index contributed by atoms with van der Waals surface area (Å²) in [5, 5.41) is 10.6. The smallest absolute Gasteiger partial charge is 0.344 e. The van der Waals surface area contributed by atoms with E-state index in [-0.39, 0.29) is 12.3 Å². The fourth-order valence-electron chi connectivity index (χ4n) is 0.622. The van der Waals surface area contributed by atoms with E-state index in [1.807, 2.05) is 0 Å². The van der Waals surface area contributed by atoms with Crippen LogP contribution in [0.1, 0.15) is 13.8 Å². The van der Waals surface area contributed by atoms with E-state index < -0.39 is 23.9 Å². The quantitative estimate of drug-likeness (QED) is 0.317. The molecule has 0 aromatic carbocycles. The Kier molecular flexibility index (Phi) is 6.44. The highest BCUT2D eigenvalue weighted by atomic mass is 35.5. The average molecular weight is 238 g/mol. The number of hydrogen-bond donors (Lipinski definition) is 1. The Bertz CT molecular complexity index is 266. The second kappa shape index (κ2) is 7.05. The van der Waals surface area contributed by atoms with Crippen LogP contribution in [-0.2, 0) is 19.2 Å². The van der Waals surface area contributed by atoms with Gasteiger partial charge in [-0.1, -0.05) is 5.16 Å². The molecule has 0 aliphatic carbocycles. The number of nitrogens with zero attached hydrogens (tertiary/aromatic N) is 1. The molecule has 15 heavy (non-hydrogen) atoms. The molecule has 0 spiro atoms. The first-order valence-corrected chi connectivity index (χ1v) is 4.61. The van der Waals surface area contributed by atoms with Crippen molar-refractivity contribution in [1.82, 2.24) is 0 Å². The van der Waals surface area contributed by atoms with E-state index >= 15 is 0 Å². The zero-order valence-corrected chi connectivity index (χ0v) is 9.15. The van der Waals surface area contributed by atoms with Crippen LogP contribution >= 0.6 is 11.6 Å². The van der Waals surface area contributed by atoms with E-state index in [2.05, 4.69) is 14.7 Å². The number of alkyl halides is 1. The molecule has 0 aliphatic rings. The van der Waals surface area contributed by atoms with Gasteiger partial charge in [0.05, 0.1) is 12.3 Å². The Morgan fingerprint density at radius 1 is 1.53 bits per heavy atom. The molecule has 0 fully saturated rings. The van der Waals surface area contributed by atoms with Gasteiger partial charge in [0.15, 0.2) is 5.38 Å². The molecule has 1 N–H and O–H groups in total. The van der Waals surface area contributed by atoms with Crippen molar-refractivity contribution in [3.63, 3.8) is 0 Å². The first-order valence-electron chi connectivity index (χ1n) is 4.18. The third-order valence-corrected chi connectivity index (χ3v) is 1.75. The summed E-state index contributed by atoms with van der Waals surface area (Å²) < 4.78 is 4.63. The largest absolute Gasteiger partial charge is 0.479 e. The standard InChI is InChI=1S/C8H12ClNO5/c1-3-14-8(13)7(9)5(2)10-15-4-6(11)12/h7H,3-4H2,1-2H3,(H,11,12). The highest BCUT2D eigenvalue weighted by molar-refractivity contribution is 6.41. The molecule has 0 aromatic rings. The first kappa shape index (κ1) is 13.7. The van der Waals surface area contributed by atoms with Gasteiger partial charge in [-0.15, -0.1) is 11.6 Å². The molecule has 0 saturated heterocycles. The molecule has 0 bridgehead atoms. The summed E-state index contributed by atoms with van der Waals surface area (Å²) in [5.74, 6) is -1.80. The average Bonchev–Trinajstić information content (AvgIpc) is 2.16. The summed E-state index contributed by atoms with van der Waals surface area (Å²) in [6.07, 6.45) is 0. The van der Waals surface area contributed by atoms with E-state index in [1.165, 1.54) is 6.92 Å². The van der Waals surface area contributed by atoms with Crippen LogP contribution in [0.4, 0.5) is 0 Å². The highest BCUT2D eigenvalue weighted by Gasteiger charge is 2.20. The van der Waals surface area contributed by atoms with Gasteiger partial charge < -0.3 is 14.7 Å². The lowest BCUT2D eigenvalue weighted by Gasteiger charge is -2.07. The number of hydrogen-bond acceptors (Lipinski definition) is 5. The SMILES string of the molecule is CCOC(=O)C(Cl)C(C)=NOCC(=O)O. The van der Waals surface area contributed by atoms with Crippen molar-refractivity contribution in [1.29, 1.82) is 0 Å². The molecule has 6 nitrogen and oxygen atoms in total. The summed E-state index contributed by atoms with van der Waals surface area (Å²) in [6.45, 7) is 2.72. The van der Waals surface area contributed by atoms with E-state index in [9.17, 15) is 9.59 Å². The second-order valence-electron chi connectivity index (χ2n) is 2.51. The van der Waals surface area contributed by atoms with Crippen molar-refractivity contribution in [2.75, 3.05) is 13.2 Å². The number of halogens is 1. The maximum atomic E-state index is 11.1. The Hall–Kier alpha value is -1.30. The third kappa shape index (κ3) is 5.90. The molecule has 0 amide bonds. The van der Waals surface area contributed by atoms with Crippen molar-refractivity contribution >= 4 is 29.3 Å². The Balaban J connectivity index is 4.11. The molecule has 86 valence electrons. The molecule has 0 rings (SSSR count). The molecule has 0 saturated carbocycles. The topological polar surface area (TPSA) is 85.2 Å². The van der Waals surface area contributed by atoms with Crippen LogP contribution in [0.25, 0.3) is 0 Å². The van der Waals surface area contributed by atoms with Crippen LogP contribution in [0.15, 0.2) is 5.16 Å². The van der Waals surface area contributed by atoms with Gasteiger partial charge in [-0.2, -0.15) is 0 Å². The Morgan fingerprint density at radius 2 is 2.13 bits per heavy atom. The van der Waals surface area contributed by atoms with Crippen molar-refractivity contribution in [2.24, 2.45) is 5.16 Å². The highest BCUT2D eigenvalue weighted by Crippen LogP contribution is 2.02. The number of rotatable bonds is 6. The monoisotopic (exact) mass is 237 g/mol. The number of oxime groups is 1. The van der Waals surface area contributed by atoms with Crippen LogP contribution in [0.3, 0.4) is 0 Å². The number of aliphatic carboxylic acids is 1. The van der Waals surface area contributed by atoms with Crippen LogP contribution in [0, 0.1) is 0 Å². The Morgan fingerprint density at radius 3 is 2.60 bits per heavy atom. The maximum Gasteiger partial charge on any atom is 0.344 e. The third-order valence-electron chi connectivity index (χ3n) is 1.26. The molecular weight excluding hydrogens is 226 g/mol. The normalized spacial score (nSPS) is 13.1. The van der Waals surface area contributed by atoms with E-state index in [1.54, 1.807) is 6.92 Å². The van der Waals surface area contributed by atoms with Gasteiger partial charge >= 0.3 is 11.9 Å². The lowest BCUT2D eigenvalue weighted by Crippen LogP contribution is -2.25. The van der Waals surface area contributed by atoms with Gasteiger partial charge in [0.25, 0.3) is 0 Å². The zero-order chi connectivity index (χ0) is 11.8. The maximum absolute atomic E-state index is 11.1. The number of carbonyl (C=O) groups excluding carboxylic acids is 1. The fraction of sp³-hybridized carbons (Fsp3) is 0.625. The summed E-state index contributed by atoms with van der Waals surface area (Å²) in [4.78, 5) is 25.5. The summed E-state index contributed by atoms with van der Waals surface area (Å²) in [5.41, 5.74) is 0.149. The second-order valence-corrected chi connectivity index (χ2v) is 2.95. The van der Waals surface area contributed by atoms with Crippen LogP contribution in [-0.4, -0.2) is 41.3 Å². The molecule has 1 atom stereocenters. The molecule has 0 aliphatic heterocycles. The van der Waals surface area contributed by atoms with Crippen LogP contribution in [0.5, 0.6) is 0 Å². The van der Waals surface area contributed by atoms with Gasteiger partial charge in [0, 0.05) is 0 Å². The molecule has 7 heteroatoms. The van der Waals surface area contributed by atoms with Crippen molar-refractivity contribution < 1.29 is 24.3 Å². The summed E-state index contributed by atoms with van der Waals surface area (Å²) in [6, 6.07) is 0. The predicted octanol–water partition coefficient (Wildman–Crippen LogP) is 0.634. The molecule has 0 heterocycles. The number of carboxylic acids is 1. The van der Waals surface area contributed by atoms with Crippen molar-refractivity contribution in [3.05, 3.63) is 0 Å². The Labute approximate surface area is 91.8 Å². The van der Waals surface area contributed by atoms with Gasteiger partial charge in [-0.05, 0) is 13.8 Å². The molecule has 0 aromatic heterocycles. The van der Waals surface area contributed by atoms with E-state index in [4.69, 9.17) is 16.7 Å². The van der Waals surface area contributed by atoms with Gasteiger partial charge in [0.2, 0.25) is 6.61 Å². The molecule has 0 radical (unpaired) electrons. The van der Waals surface area contributed by atoms with E-state index in [0.717, 1.165) is 0 Å². The van der Waals surface area contributed by atoms with Crippen LogP contribution < -0.4 is 0 Å². The van der Waals surface area contributed by atoms with E-state index in [0.29, 0.717) is 0 Å². The first-order chi connectivity index (χ1) is 6.99. The lowest BCUT2D eigenvalue weighted by molar-refractivity contribution is -0.142. The summed E-state index contributed by atoms with van der Waals surface area (Å²) in [7, 11) is 0. The van der Waals surface area contributed by atoms with Gasteiger partial charge in [0.1, 0.15) is 0 Å². The fourth-order valence-corrected chi connectivity index (χ4v) is 0.724. The number of esters is 1. The molecular formula is C8H12ClNO5. The molecule has 1 unspecified atom stereocenters. The predicted molar refractivity (Wildman–Crippen MR) is 53.0 cm³/mol. The lowest BCUT2D eigenvalue weighted by atomic mass is 10.3. The minimum atomic E-state index is -1.16. The minimum Gasteiger partial charge on any atom is -0.479 e. The zero-order valence-electron chi connectivity index (χ0n) is 8.40. The van der Waals surface area contributed by atoms with Gasteiger partial charge in [-0.3, -0.25) is 4.79 Å². The number of ether oxygens (including phenoxy) is 1. The van der Waals surface area contributed by atoms with Crippen molar-refractivity contribution in [3.8, 4) is 0 Å². The summed E-state index contributed by atoms with van der Waals surface area (Å²) >= 11 is 5.64. The van der Waals surface area contributed by atoms with Crippen LogP contribution in [0.2, 0.25) is 0 Å². The van der Waals surface area contributed by atoms with Crippen molar-refractivity contribution in [2.45, 2.75) is 19.2 Å². The minimum absolute atomic E-state index is 0.149. The number of carboxylic acid groups (broad SMARTS) is 1.